The van der Waals surface area contributed by atoms with E-state index in [1.165, 1.54) is 25.1 Å². The Kier molecular flexibility index (Phi) is 6.87. The molecule has 0 bridgehead atoms. The normalized spacial score (nSPS) is 17.4. The summed E-state index contributed by atoms with van der Waals surface area (Å²) in [6.45, 7) is 14.5. The maximum Gasteiger partial charge on any atom is 0.138 e. The molecular weight excluding hydrogens is 396 g/mol. The molecule has 2 aromatic carbocycles. The van der Waals surface area contributed by atoms with Crippen molar-refractivity contribution < 1.29 is 4.74 Å². The molecule has 1 atom stereocenters. The summed E-state index contributed by atoms with van der Waals surface area (Å²) in [7, 11) is 2.22. The number of ether oxygens (including phenoxy) is 1. The molecule has 0 spiro atoms. The highest BCUT2D eigenvalue weighted by molar-refractivity contribution is 5.80. The van der Waals surface area contributed by atoms with E-state index in [-0.39, 0.29) is 5.41 Å². The molecule has 1 unspecified atom stereocenters. The zero-order valence-electron chi connectivity index (χ0n) is 20.3. The van der Waals surface area contributed by atoms with Crippen LogP contribution in [0.25, 0.3) is 22.4 Å². The predicted molar refractivity (Wildman–Crippen MR) is 133 cm³/mol. The summed E-state index contributed by atoms with van der Waals surface area (Å²) >= 11 is 0. The van der Waals surface area contributed by atoms with Crippen LogP contribution in [0, 0.1) is 0 Å². The molecule has 0 saturated carbocycles. The van der Waals surface area contributed by atoms with Gasteiger partial charge in [0.15, 0.2) is 0 Å². The Morgan fingerprint density at radius 1 is 1.03 bits per heavy atom. The SMILES string of the molecule is CC(CCOc1ccc(-c2nc3ccc(C(C)(C)C)cc3[nH]2)cc1)N1CCCN(C)CC1. The third kappa shape index (κ3) is 5.51. The van der Waals surface area contributed by atoms with Crippen molar-refractivity contribution in [3.8, 4) is 17.1 Å². The molecule has 1 aliphatic rings. The third-order valence-electron chi connectivity index (χ3n) is 6.66. The van der Waals surface area contributed by atoms with Crippen LogP contribution in [-0.4, -0.2) is 65.6 Å². The summed E-state index contributed by atoms with van der Waals surface area (Å²) in [6, 6.07) is 15.3. The van der Waals surface area contributed by atoms with Crippen LogP contribution in [0.3, 0.4) is 0 Å². The summed E-state index contributed by atoms with van der Waals surface area (Å²) in [6.07, 6.45) is 2.30. The van der Waals surface area contributed by atoms with Crippen molar-refractivity contribution in [2.45, 2.75) is 52.0 Å². The first-order chi connectivity index (χ1) is 15.3. The molecule has 1 aromatic heterocycles. The van der Waals surface area contributed by atoms with Gasteiger partial charge in [-0.3, -0.25) is 4.90 Å². The van der Waals surface area contributed by atoms with Crippen molar-refractivity contribution >= 4 is 11.0 Å². The number of benzene rings is 2. The Morgan fingerprint density at radius 3 is 2.56 bits per heavy atom. The lowest BCUT2D eigenvalue weighted by atomic mass is 9.87. The van der Waals surface area contributed by atoms with Gasteiger partial charge in [-0.15, -0.1) is 0 Å². The molecule has 172 valence electrons. The van der Waals surface area contributed by atoms with Gasteiger partial charge in [-0.05, 0) is 87.3 Å². The Balaban J connectivity index is 1.34. The maximum absolute atomic E-state index is 6.06. The Morgan fingerprint density at radius 2 is 1.81 bits per heavy atom. The lowest BCUT2D eigenvalue weighted by molar-refractivity contribution is 0.179. The standard InChI is InChI=1S/C27H38N4O/c1-20(31-15-6-14-30(5)16-17-31)13-18-32-23-10-7-21(8-11-23)26-28-24-12-9-22(27(2,3)4)19-25(24)29-26/h7-12,19-20H,6,13-18H2,1-5H3,(H,28,29). The summed E-state index contributed by atoms with van der Waals surface area (Å²) in [5.41, 5.74) is 4.60. The molecule has 1 N–H and O–H groups in total. The van der Waals surface area contributed by atoms with Crippen molar-refractivity contribution in [2.24, 2.45) is 0 Å². The second kappa shape index (κ2) is 9.63. The summed E-state index contributed by atoms with van der Waals surface area (Å²) < 4.78 is 6.06. The van der Waals surface area contributed by atoms with Crippen LogP contribution in [0.5, 0.6) is 5.75 Å². The van der Waals surface area contributed by atoms with Gasteiger partial charge < -0.3 is 14.6 Å². The fourth-order valence-corrected chi connectivity index (χ4v) is 4.36. The highest BCUT2D eigenvalue weighted by Gasteiger charge is 2.18. The summed E-state index contributed by atoms with van der Waals surface area (Å²) in [5, 5.41) is 0. The van der Waals surface area contributed by atoms with Crippen molar-refractivity contribution in [1.82, 2.24) is 19.8 Å². The van der Waals surface area contributed by atoms with Crippen LogP contribution in [0.4, 0.5) is 0 Å². The van der Waals surface area contributed by atoms with Gasteiger partial charge in [0.25, 0.3) is 0 Å². The lowest BCUT2D eigenvalue weighted by Crippen LogP contribution is -2.37. The van der Waals surface area contributed by atoms with Gasteiger partial charge in [-0.1, -0.05) is 26.8 Å². The van der Waals surface area contributed by atoms with Crippen LogP contribution < -0.4 is 4.74 Å². The number of rotatable bonds is 6. The summed E-state index contributed by atoms with van der Waals surface area (Å²) in [4.78, 5) is 13.3. The van der Waals surface area contributed by atoms with Crippen LogP contribution >= 0.6 is 0 Å². The van der Waals surface area contributed by atoms with E-state index in [1.54, 1.807) is 0 Å². The second-order valence-corrected chi connectivity index (χ2v) is 10.3. The molecule has 32 heavy (non-hydrogen) atoms. The smallest absolute Gasteiger partial charge is 0.138 e. The number of hydrogen-bond acceptors (Lipinski definition) is 4. The van der Waals surface area contributed by atoms with Crippen LogP contribution in [0.15, 0.2) is 42.5 Å². The molecular formula is C27H38N4O. The zero-order valence-corrected chi connectivity index (χ0v) is 20.3. The van der Waals surface area contributed by atoms with E-state index in [1.807, 2.05) is 0 Å². The van der Waals surface area contributed by atoms with Gasteiger partial charge in [-0.25, -0.2) is 4.98 Å². The minimum absolute atomic E-state index is 0.125. The number of nitrogens with zero attached hydrogens (tertiary/aromatic N) is 3. The molecule has 4 rings (SSSR count). The highest BCUT2D eigenvalue weighted by Crippen LogP contribution is 2.28. The van der Waals surface area contributed by atoms with Crippen molar-refractivity contribution in [3.05, 3.63) is 48.0 Å². The molecule has 5 heteroatoms. The Bertz CT molecular complexity index is 1020. The Labute approximate surface area is 192 Å². The number of likely N-dealkylation sites (N-methyl/N-ethyl adjacent to an activating group) is 1. The van der Waals surface area contributed by atoms with E-state index in [0.717, 1.165) is 54.3 Å². The first kappa shape index (κ1) is 22.8. The number of nitrogens with one attached hydrogen (secondary N) is 1. The van der Waals surface area contributed by atoms with Crippen LogP contribution in [-0.2, 0) is 5.41 Å². The second-order valence-electron chi connectivity index (χ2n) is 10.3. The topological polar surface area (TPSA) is 44.4 Å². The highest BCUT2D eigenvalue weighted by atomic mass is 16.5. The number of aromatic amines is 1. The average Bonchev–Trinajstić information content (AvgIpc) is 3.07. The molecule has 1 saturated heterocycles. The maximum atomic E-state index is 6.06. The molecule has 2 heterocycles. The molecule has 3 aromatic rings. The fourth-order valence-electron chi connectivity index (χ4n) is 4.36. The van der Waals surface area contributed by atoms with E-state index < -0.39 is 0 Å². The number of fused-ring (bicyclic) bond motifs is 1. The van der Waals surface area contributed by atoms with E-state index in [0.29, 0.717) is 6.04 Å². The van der Waals surface area contributed by atoms with Crippen LogP contribution in [0.2, 0.25) is 0 Å². The predicted octanol–water partition coefficient (Wildman–Crippen LogP) is 5.32. The molecule has 5 nitrogen and oxygen atoms in total. The molecule has 1 fully saturated rings. The summed E-state index contributed by atoms with van der Waals surface area (Å²) in [5.74, 6) is 1.82. The number of hydrogen-bond donors (Lipinski definition) is 1. The monoisotopic (exact) mass is 434 g/mol. The van der Waals surface area contributed by atoms with Gasteiger partial charge in [0.1, 0.15) is 11.6 Å². The number of H-pyrrole nitrogens is 1. The molecule has 0 amide bonds. The molecule has 0 radical (unpaired) electrons. The quantitative estimate of drug-likeness (QED) is 0.570. The van der Waals surface area contributed by atoms with Gasteiger partial charge in [0.2, 0.25) is 0 Å². The van der Waals surface area contributed by atoms with Crippen molar-refractivity contribution in [2.75, 3.05) is 39.8 Å². The Hall–Kier alpha value is -2.37. The van der Waals surface area contributed by atoms with Crippen molar-refractivity contribution in [1.29, 1.82) is 0 Å². The largest absolute Gasteiger partial charge is 0.494 e. The van der Waals surface area contributed by atoms with Gasteiger partial charge in [0, 0.05) is 24.7 Å². The minimum Gasteiger partial charge on any atom is -0.494 e. The fraction of sp³-hybridized carbons (Fsp3) is 0.519. The van der Waals surface area contributed by atoms with E-state index in [4.69, 9.17) is 9.72 Å². The van der Waals surface area contributed by atoms with Crippen molar-refractivity contribution in [3.63, 3.8) is 0 Å². The first-order valence-electron chi connectivity index (χ1n) is 12.0. The zero-order chi connectivity index (χ0) is 22.7. The van der Waals surface area contributed by atoms with Gasteiger partial charge in [-0.2, -0.15) is 0 Å². The molecule has 0 aliphatic carbocycles. The number of aromatic nitrogens is 2. The van der Waals surface area contributed by atoms with Crippen LogP contribution in [0.1, 0.15) is 46.1 Å². The minimum atomic E-state index is 0.125. The van der Waals surface area contributed by atoms with Gasteiger partial charge in [0.05, 0.1) is 17.6 Å². The van der Waals surface area contributed by atoms with E-state index in [9.17, 15) is 0 Å². The number of imidazole rings is 1. The van der Waals surface area contributed by atoms with Gasteiger partial charge >= 0.3 is 0 Å². The molecule has 1 aliphatic heterocycles. The lowest BCUT2D eigenvalue weighted by Gasteiger charge is -2.27. The first-order valence-corrected chi connectivity index (χ1v) is 12.0. The average molecular weight is 435 g/mol. The van der Waals surface area contributed by atoms with E-state index in [2.05, 4.69) is 92.0 Å². The third-order valence-corrected chi connectivity index (χ3v) is 6.66. The van der Waals surface area contributed by atoms with E-state index >= 15 is 0 Å².